The van der Waals surface area contributed by atoms with Gasteiger partial charge in [0.1, 0.15) is 17.3 Å². The molecule has 0 bridgehead atoms. The summed E-state index contributed by atoms with van der Waals surface area (Å²) in [6.07, 6.45) is 1.06. The van der Waals surface area contributed by atoms with Crippen LogP contribution in [0.3, 0.4) is 0 Å². The number of hydrogen-bond acceptors (Lipinski definition) is 7. The molecule has 0 spiro atoms. The van der Waals surface area contributed by atoms with Gasteiger partial charge in [0.2, 0.25) is 21.1 Å². The summed E-state index contributed by atoms with van der Waals surface area (Å²) in [7, 11) is -2.05. The molecule has 0 aliphatic heterocycles. The standard InChI is InChI=1S/C19H20N4O4S2/c1-13-4-8-15(9-5-13)23(29(3,25)26)12-17(24)20-19-22-21-18(28-19)14-6-10-16(27-2)11-7-14/h4-11H,12H2,1-3H3,(H,20,22,24). The smallest absolute Gasteiger partial charge is 0.246 e. The maximum Gasteiger partial charge on any atom is 0.246 e. The Bertz CT molecular complexity index is 1090. The SMILES string of the molecule is COc1ccc(-c2nnc(NC(=O)CN(c3ccc(C)cc3)S(C)(=O)=O)s2)cc1. The highest BCUT2D eigenvalue weighted by Gasteiger charge is 2.21. The van der Waals surface area contributed by atoms with Crippen molar-refractivity contribution in [3.8, 4) is 16.3 Å². The summed E-state index contributed by atoms with van der Waals surface area (Å²) < 4.78 is 30.5. The highest BCUT2D eigenvalue weighted by atomic mass is 32.2. The Morgan fingerprint density at radius 3 is 2.34 bits per heavy atom. The Morgan fingerprint density at radius 2 is 1.76 bits per heavy atom. The molecule has 152 valence electrons. The number of nitrogens with zero attached hydrogens (tertiary/aromatic N) is 3. The van der Waals surface area contributed by atoms with E-state index in [1.165, 1.54) is 11.3 Å². The summed E-state index contributed by atoms with van der Waals surface area (Å²) in [6.45, 7) is 1.54. The molecular formula is C19H20N4O4S2. The van der Waals surface area contributed by atoms with Gasteiger partial charge in [-0.05, 0) is 43.3 Å². The van der Waals surface area contributed by atoms with Crippen LogP contribution >= 0.6 is 11.3 Å². The molecular weight excluding hydrogens is 412 g/mol. The Morgan fingerprint density at radius 1 is 1.10 bits per heavy atom. The molecule has 0 fully saturated rings. The molecule has 8 nitrogen and oxygen atoms in total. The van der Waals surface area contributed by atoms with Crippen LogP contribution in [0.5, 0.6) is 5.75 Å². The van der Waals surface area contributed by atoms with E-state index in [-0.39, 0.29) is 11.7 Å². The van der Waals surface area contributed by atoms with Gasteiger partial charge in [-0.2, -0.15) is 0 Å². The number of nitrogens with one attached hydrogen (secondary N) is 1. The van der Waals surface area contributed by atoms with Crippen LogP contribution in [0.2, 0.25) is 0 Å². The molecule has 0 saturated heterocycles. The number of amides is 1. The molecule has 1 heterocycles. The molecule has 2 aromatic carbocycles. The molecule has 0 unspecified atom stereocenters. The van der Waals surface area contributed by atoms with E-state index in [0.717, 1.165) is 27.4 Å². The number of sulfonamides is 1. The fourth-order valence-electron chi connectivity index (χ4n) is 2.52. The largest absolute Gasteiger partial charge is 0.497 e. The fourth-order valence-corrected chi connectivity index (χ4v) is 4.15. The lowest BCUT2D eigenvalue weighted by Crippen LogP contribution is -2.37. The van der Waals surface area contributed by atoms with Gasteiger partial charge < -0.3 is 4.74 Å². The van der Waals surface area contributed by atoms with Crippen LogP contribution in [-0.4, -0.2) is 44.4 Å². The van der Waals surface area contributed by atoms with Crippen molar-refractivity contribution in [1.29, 1.82) is 0 Å². The van der Waals surface area contributed by atoms with Crippen molar-refractivity contribution in [2.75, 3.05) is 29.5 Å². The van der Waals surface area contributed by atoms with Gasteiger partial charge in [-0.3, -0.25) is 14.4 Å². The number of rotatable bonds is 7. The second-order valence-electron chi connectivity index (χ2n) is 6.29. The average Bonchev–Trinajstić information content (AvgIpc) is 3.14. The Hall–Kier alpha value is -2.98. The number of hydrogen-bond donors (Lipinski definition) is 1. The van der Waals surface area contributed by atoms with E-state index in [1.54, 1.807) is 43.5 Å². The van der Waals surface area contributed by atoms with E-state index < -0.39 is 15.9 Å². The summed E-state index contributed by atoms with van der Waals surface area (Å²) >= 11 is 1.20. The lowest BCUT2D eigenvalue weighted by atomic mass is 10.2. The highest BCUT2D eigenvalue weighted by molar-refractivity contribution is 7.92. The van der Waals surface area contributed by atoms with E-state index >= 15 is 0 Å². The van der Waals surface area contributed by atoms with Crippen molar-refractivity contribution in [3.63, 3.8) is 0 Å². The molecule has 1 N–H and O–H groups in total. The minimum atomic E-state index is -3.63. The number of anilines is 2. The number of ether oxygens (including phenoxy) is 1. The Labute approximate surface area is 173 Å². The lowest BCUT2D eigenvalue weighted by molar-refractivity contribution is -0.114. The minimum Gasteiger partial charge on any atom is -0.497 e. The zero-order chi connectivity index (χ0) is 21.0. The third-order valence-electron chi connectivity index (χ3n) is 4.02. The molecule has 3 aromatic rings. The normalized spacial score (nSPS) is 11.1. The molecule has 3 rings (SSSR count). The van der Waals surface area contributed by atoms with Crippen molar-refractivity contribution in [2.45, 2.75) is 6.92 Å². The number of aryl methyl sites for hydroxylation is 1. The van der Waals surface area contributed by atoms with Gasteiger partial charge in [0.15, 0.2) is 0 Å². The molecule has 29 heavy (non-hydrogen) atoms. The van der Waals surface area contributed by atoms with Crippen LogP contribution in [0.25, 0.3) is 10.6 Å². The first-order valence-electron chi connectivity index (χ1n) is 8.58. The van der Waals surface area contributed by atoms with E-state index in [9.17, 15) is 13.2 Å². The molecule has 0 radical (unpaired) electrons. The predicted octanol–water partition coefficient (Wildman–Crippen LogP) is 2.93. The zero-order valence-electron chi connectivity index (χ0n) is 16.1. The summed E-state index contributed by atoms with van der Waals surface area (Å²) in [6, 6.07) is 14.2. The van der Waals surface area contributed by atoms with Crippen LogP contribution in [-0.2, 0) is 14.8 Å². The van der Waals surface area contributed by atoms with Gasteiger partial charge in [-0.1, -0.05) is 29.0 Å². The minimum absolute atomic E-state index is 0.290. The maximum absolute atomic E-state index is 12.4. The van der Waals surface area contributed by atoms with Crippen molar-refractivity contribution in [2.24, 2.45) is 0 Å². The van der Waals surface area contributed by atoms with Crippen molar-refractivity contribution >= 4 is 38.1 Å². The predicted molar refractivity (Wildman–Crippen MR) is 114 cm³/mol. The third-order valence-corrected chi connectivity index (χ3v) is 6.05. The lowest BCUT2D eigenvalue weighted by Gasteiger charge is -2.21. The average molecular weight is 433 g/mol. The monoisotopic (exact) mass is 432 g/mol. The molecule has 1 aromatic heterocycles. The topological polar surface area (TPSA) is 101 Å². The van der Waals surface area contributed by atoms with Crippen molar-refractivity contribution < 1.29 is 17.9 Å². The number of methoxy groups -OCH3 is 1. The second kappa shape index (κ2) is 8.58. The van der Waals surface area contributed by atoms with Crippen molar-refractivity contribution in [3.05, 3.63) is 54.1 Å². The number of carbonyl (C=O) groups is 1. The zero-order valence-corrected chi connectivity index (χ0v) is 17.8. The van der Waals surface area contributed by atoms with Crippen LogP contribution in [0.4, 0.5) is 10.8 Å². The molecule has 0 saturated carbocycles. The fraction of sp³-hybridized carbons (Fsp3) is 0.211. The third kappa shape index (κ3) is 5.30. The van der Waals surface area contributed by atoms with Gasteiger partial charge >= 0.3 is 0 Å². The summed E-state index contributed by atoms with van der Waals surface area (Å²) in [5, 5.41) is 11.6. The van der Waals surface area contributed by atoms with Gasteiger partial charge in [0.25, 0.3) is 0 Å². The Balaban J connectivity index is 1.72. The molecule has 1 amide bonds. The molecule has 0 aliphatic rings. The molecule has 0 aliphatic carbocycles. The molecule has 0 atom stereocenters. The number of benzene rings is 2. The maximum atomic E-state index is 12.4. The highest BCUT2D eigenvalue weighted by Crippen LogP contribution is 2.28. The summed E-state index contributed by atoms with van der Waals surface area (Å²) in [5.41, 5.74) is 2.25. The van der Waals surface area contributed by atoms with E-state index in [2.05, 4.69) is 15.5 Å². The van der Waals surface area contributed by atoms with E-state index in [0.29, 0.717) is 10.7 Å². The van der Waals surface area contributed by atoms with Gasteiger partial charge in [-0.15, -0.1) is 10.2 Å². The van der Waals surface area contributed by atoms with Crippen molar-refractivity contribution in [1.82, 2.24) is 10.2 Å². The summed E-state index contributed by atoms with van der Waals surface area (Å²) in [5.74, 6) is 0.220. The van der Waals surface area contributed by atoms with Gasteiger partial charge in [0.05, 0.1) is 19.1 Å². The van der Waals surface area contributed by atoms with Crippen LogP contribution in [0, 0.1) is 6.92 Å². The molecule has 10 heteroatoms. The van der Waals surface area contributed by atoms with Crippen LogP contribution < -0.4 is 14.4 Å². The first-order chi connectivity index (χ1) is 13.8. The van der Waals surface area contributed by atoms with E-state index in [4.69, 9.17) is 4.74 Å². The first kappa shape index (κ1) is 20.7. The first-order valence-corrected chi connectivity index (χ1v) is 11.2. The Kier molecular flexibility index (Phi) is 6.14. The number of aromatic nitrogens is 2. The second-order valence-corrected chi connectivity index (χ2v) is 9.18. The van der Waals surface area contributed by atoms with Gasteiger partial charge in [0, 0.05) is 5.56 Å². The number of carbonyl (C=O) groups excluding carboxylic acids is 1. The van der Waals surface area contributed by atoms with E-state index in [1.807, 2.05) is 19.1 Å². The quantitative estimate of drug-likeness (QED) is 0.616. The van der Waals surface area contributed by atoms with Crippen LogP contribution in [0.15, 0.2) is 48.5 Å². The van der Waals surface area contributed by atoms with Crippen LogP contribution in [0.1, 0.15) is 5.56 Å². The van der Waals surface area contributed by atoms with Gasteiger partial charge in [-0.25, -0.2) is 8.42 Å². The summed E-state index contributed by atoms with van der Waals surface area (Å²) in [4.78, 5) is 12.4.